The molecule has 0 unspecified atom stereocenters. The Morgan fingerprint density at radius 3 is 2.34 bits per heavy atom. The molecule has 3 nitrogen and oxygen atoms in total. The van der Waals surface area contributed by atoms with E-state index in [-0.39, 0.29) is 28.5 Å². The summed E-state index contributed by atoms with van der Waals surface area (Å²) in [7, 11) is 0. The SMILES string of the molecule is Br.CCCCc1nc(NC(=O)c2c(Cl)cccc2Cl)sc1Cc1ccc(Cl)cc1. The minimum atomic E-state index is -0.357. The molecule has 0 spiro atoms. The van der Waals surface area contributed by atoms with Gasteiger partial charge in [0.25, 0.3) is 5.91 Å². The molecule has 1 aromatic heterocycles. The second-order valence-electron chi connectivity index (χ2n) is 6.35. The van der Waals surface area contributed by atoms with Crippen LogP contribution in [0.15, 0.2) is 42.5 Å². The summed E-state index contributed by atoms with van der Waals surface area (Å²) in [5, 5.41) is 4.74. The molecule has 0 aliphatic rings. The van der Waals surface area contributed by atoms with Gasteiger partial charge in [0, 0.05) is 16.3 Å². The first-order chi connectivity index (χ1) is 13.5. The first kappa shape index (κ1) is 24.2. The van der Waals surface area contributed by atoms with E-state index in [1.54, 1.807) is 18.2 Å². The largest absolute Gasteiger partial charge is 0.298 e. The monoisotopic (exact) mass is 532 g/mol. The van der Waals surface area contributed by atoms with Gasteiger partial charge in [0.1, 0.15) is 0 Å². The number of amides is 1. The minimum absolute atomic E-state index is 0. The van der Waals surface area contributed by atoms with Crippen molar-refractivity contribution in [3.63, 3.8) is 0 Å². The summed E-state index contributed by atoms with van der Waals surface area (Å²) in [6.45, 7) is 2.15. The van der Waals surface area contributed by atoms with Crippen molar-refractivity contribution in [2.75, 3.05) is 5.32 Å². The zero-order valence-electron chi connectivity index (χ0n) is 15.7. The Bertz CT molecular complexity index is 956. The molecule has 0 fully saturated rings. The number of hydrogen-bond acceptors (Lipinski definition) is 3. The predicted octanol–water partition coefficient (Wildman–Crippen LogP) is 7.87. The van der Waals surface area contributed by atoms with E-state index in [2.05, 4.69) is 17.2 Å². The average Bonchev–Trinajstić information content (AvgIpc) is 3.02. The van der Waals surface area contributed by atoms with Crippen LogP contribution in [-0.4, -0.2) is 10.9 Å². The van der Waals surface area contributed by atoms with E-state index in [0.717, 1.165) is 41.8 Å². The molecule has 1 amide bonds. The molecular weight excluding hydrogens is 515 g/mol. The molecule has 0 saturated carbocycles. The highest BCUT2D eigenvalue weighted by Crippen LogP contribution is 2.30. The normalized spacial score (nSPS) is 10.5. The van der Waals surface area contributed by atoms with Crippen molar-refractivity contribution in [2.45, 2.75) is 32.6 Å². The summed E-state index contributed by atoms with van der Waals surface area (Å²) in [6.07, 6.45) is 3.74. The van der Waals surface area contributed by atoms with E-state index in [9.17, 15) is 4.79 Å². The number of aromatic nitrogens is 1. The molecule has 2 aromatic carbocycles. The molecule has 29 heavy (non-hydrogen) atoms. The highest BCUT2D eigenvalue weighted by Gasteiger charge is 2.18. The number of anilines is 1. The highest BCUT2D eigenvalue weighted by atomic mass is 79.9. The molecule has 3 rings (SSSR count). The Labute approximate surface area is 200 Å². The molecule has 1 N–H and O–H groups in total. The number of aryl methyl sites for hydroxylation is 1. The van der Waals surface area contributed by atoms with E-state index < -0.39 is 0 Å². The Morgan fingerprint density at radius 2 is 1.72 bits per heavy atom. The van der Waals surface area contributed by atoms with E-state index >= 15 is 0 Å². The van der Waals surface area contributed by atoms with Crippen LogP contribution in [0.25, 0.3) is 0 Å². The number of rotatable bonds is 7. The van der Waals surface area contributed by atoms with E-state index in [1.807, 2.05) is 24.3 Å². The standard InChI is InChI=1S/C21H19Cl3N2OS.BrH/c1-2-3-7-17-18(12-13-8-10-14(22)11-9-13)28-21(25-17)26-20(27)19-15(23)5-4-6-16(19)24;/h4-6,8-11H,2-3,7,12H2,1H3,(H,25,26,27);1H. The predicted molar refractivity (Wildman–Crippen MR) is 130 cm³/mol. The number of thiazole rings is 1. The van der Waals surface area contributed by atoms with Crippen LogP contribution < -0.4 is 5.32 Å². The maximum Gasteiger partial charge on any atom is 0.260 e. The summed E-state index contributed by atoms with van der Waals surface area (Å²) in [5.41, 5.74) is 2.43. The van der Waals surface area contributed by atoms with Gasteiger partial charge in [0.05, 0.1) is 21.3 Å². The van der Waals surface area contributed by atoms with Gasteiger partial charge in [-0.3, -0.25) is 10.1 Å². The van der Waals surface area contributed by atoms with Crippen molar-refractivity contribution in [3.8, 4) is 0 Å². The third-order valence-corrected chi connectivity index (χ3v) is 6.13. The summed E-state index contributed by atoms with van der Waals surface area (Å²) in [5.74, 6) is -0.357. The number of nitrogens with zero attached hydrogens (tertiary/aromatic N) is 1. The number of carbonyl (C=O) groups excluding carboxylic acids is 1. The van der Waals surface area contributed by atoms with Gasteiger partial charge in [-0.2, -0.15) is 0 Å². The van der Waals surface area contributed by atoms with Gasteiger partial charge in [-0.15, -0.1) is 28.3 Å². The van der Waals surface area contributed by atoms with Crippen molar-refractivity contribution in [3.05, 3.63) is 79.2 Å². The van der Waals surface area contributed by atoms with E-state index in [1.165, 1.54) is 11.3 Å². The van der Waals surface area contributed by atoms with Crippen molar-refractivity contribution < 1.29 is 4.79 Å². The summed E-state index contributed by atoms with van der Waals surface area (Å²) >= 11 is 19.7. The number of unbranched alkanes of at least 4 members (excludes halogenated alkanes) is 1. The third-order valence-electron chi connectivity index (χ3n) is 4.23. The Morgan fingerprint density at radius 1 is 1.07 bits per heavy atom. The summed E-state index contributed by atoms with van der Waals surface area (Å²) in [4.78, 5) is 18.5. The highest BCUT2D eigenvalue weighted by molar-refractivity contribution is 8.93. The Balaban J connectivity index is 0.00000300. The maximum absolute atomic E-state index is 12.7. The van der Waals surface area contributed by atoms with Crippen molar-refractivity contribution in [2.24, 2.45) is 0 Å². The molecule has 0 bridgehead atoms. The van der Waals surface area contributed by atoms with Gasteiger partial charge in [-0.25, -0.2) is 4.98 Å². The molecule has 3 aromatic rings. The average molecular weight is 535 g/mol. The number of benzene rings is 2. The first-order valence-electron chi connectivity index (χ1n) is 8.96. The van der Waals surface area contributed by atoms with Crippen LogP contribution in [0.3, 0.4) is 0 Å². The molecule has 0 atom stereocenters. The Hall–Kier alpha value is -1.11. The number of halogens is 4. The third kappa shape index (κ3) is 6.43. The van der Waals surface area contributed by atoms with E-state index in [0.29, 0.717) is 20.2 Å². The van der Waals surface area contributed by atoms with Crippen LogP contribution in [0.4, 0.5) is 5.13 Å². The lowest BCUT2D eigenvalue weighted by atomic mass is 10.1. The maximum atomic E-state index is 12.7. The second-order valence-corrected chi connectivity index (χ2v) is 8.68. The van der Waals surface area contributed by atoms with Crippen LogP contribution in [0.2, 0.25) is 15.1 Å². The summed E-state index contributed by atoms with van der Waals surface area (Å²) in [6, 6.07) is 12.8. The molecule has 154 valence electrons. The fourth-order valence-corrected chi connectivity index (χ4v) is 4.51. The lowest BCUT2D eigenvalue weighted by Crippen LogP contribution is -2.13. The number of carbonyl (C=O) groups is 1. The van der Waals surface area contributed by atoms with Crippen molar-refractivity contribution >= 4 is 74.2 Å². The topological polar surface area (TPSA) is 42.0 Å². The lowest BCUT2D eigenvalue weighted by molar-refractivity contribution is 0.102. The van der Waals surface area contributed by atoms with Crippen LogP contribution in [0.1, 0.15) is 46.3 Å². The van der Waals surface area contributed by atoms with Crippen LogP contribution in [0.5, 0.6) is 0 Å². The van der Waals surface area contributed by atoms with Gasteiger partial charge in [0.2, 0.25) is 0 Å². The molecule has 0 radical (unpaired) electrons. The van der Waals surface area contributed by atoms with E-state index in [4.69, 9.17) is 34.8 Å². The fraction of sp³-hybridized carbons (Fsp3) is 0.238. The van der Waals surface area contributed by atoms with Gasteiger partial charge in [0.15, 0.2) is 5.13 Å². The van der Waals surface area contributed by atoms with Crippen LogP contribution in [-0.2, 0) is 12.8 Å². The van der Waals surface area contributed by atoms with Crippen molar-refractivity contribution in [1.82, 2.24) is 4.98 Å². The van der Waals surface area contributed by atoms with Gasteiger partial charge in [-0.05, 0) is 42.7 Å². The van der Waals surface area contributed by atoms with Gasteiger partial charge < -0.3 is 0 Å². The molecule has 1 heterocycles. The molecular formula is C21H20BrCl3N2OS. The quantitative estimate of drug-likeness (QED) is 0.335. The molecule has 0 aliphatic heterocycles. The fourth-order valence-electron chi connectivity index (χ4n) is 2.78. The lowest BCUT2D eigenvalue weighted by Gasteiger charge is -2.05. The smallest absolute Gasteiger partial charge is 0.260 e. The zero-order valence-corrected chi connectivity index (χ0v) is 20.5. The minimum Gasteiger partial charge on any atom is -0.298 e. The second kappa shape index (κ2) is 11.3. The Kier molecular flexibility index (Phi) is 9.44. The van der Waals surface area contributed by atoms with Crippen LogP contribution >= 0.6 is 63.1 Å². The van der Waals surface area contributed by atoms with Crippen molar-refractivity contribution in [1.29, 1.82) is 0 Å². The van der Waals surface area contributed by atoms with Crippen LogP contribution in [0, 0.1) is 0 Å². The molecule has 8 heteroatoms. The number of hydrogen-bond donors (Lipinski definition) is 1. The van der Waals surface area contributed by atoms with Gasteiger partial charge >= 0.3 is 0 Å². The van der Waals surface area contributed by atoms with Gasteiger partial charge in [-0.1, -0.05) is 66.3 Å². The first-order valence-corrected chi connectivity index (χ1v) is 10.9. The molecule has 0 saturated heterocycles. The summed E-state index contributed by atoms with van der Waals surface area (Å²) < 4.78 is 0. The molecule has 0 aliphatic carbocycles. The zero-order chi connectivity index (χ0) is 20.1. The number of nitrogens with one attached hydrogen (secondary N) is 1.